The second-order valence-corrected chi connectivity index (χ2v) is 1.16. The molecule has 1 fully saturated rings. The van der Waals surface area contributed by atoms with E-state index in [2.05, 4.69) is 4.74 Å². The van der Waals surface area contributed by atoms with E-state index in [1.807, 2.05) is 0 Å². The fourth-order valence-corrected chi connectivity index (χ4v) is 0.191. The van der Waals surface area contributed by atoms with Gasteiger partial charge in [-0.15, -0.1) is 0 Å². The summed E-state index contributed by atoms with van der Waals surface area (Å²) < 4.78 is 4.37. The van der Waals surface area contributed by atoms with Crippen molar-refractivity contribution in [1.29, 1.82) is 0 Å². The fraction of sp³-hybridized carbons (Fsp3) is 0.667. The number of epoxide rings is 1. The lowest BCUT2D eigenvalue weighted by Crippen LogP contribution is -2.02. The van der Waals surface area contributed by atoms with Gasteiger partial charge in [-0.25, -0.2) is 4.79 Å². The number of hydrogen-bond donors (Lipinski definition) is 1. The van der Waals surface area contributed by atoms with Gasteiger partial charge in [-0.2, -0.15) is 0 Å². The normalized spacial score (nSPS) is 29.7. The first-order chi connectivity index (χ1) is 2.80. The van der Waals surface area contributed by atoms with Crippen LogP contribution in [-0.2, 0) is 9.53 Å². The van der Waals surface area contributed by atoms with Crippen LogP contribution in [0, 0.1) is 0 Å². The van der Waals surface area contributed by atoms with Gasteiger partial charge in [0.2, 0.25) is 0 Å². The molecule has 0 aromatic rings. The fourth-order valence-electron chi connectivity index (χ4n) is 0.191. The van der Waals surface area contributed by atoms with Crippen molar-refractivity contribution in [1.82, 2.24) is 0 Å². The van der Waals surface area contributed by atoms with Crippen molar-refractivity contribution in [3.63, 3.8) is 0 Å². The molecule has 0 aromatic carbocycles. The van der Waals surface area contributed by atoms with Crippen molar-refractivity contribution in [2.24, 2.45) is 0 Å². The molecular weight excluding hydrogens is 84.0 g/mol. The molecule has 1 atom stereocenters. The van der Waals surface area contributed by atoms with Crippen LogP contribution in [-0.4, -0.2) is 23.8 Å². The van der Waals surface area contributed by atoms with Crippen molar-refractivity contribution in [3.8, 4) is 0 Å². The summed E-state index contributed by atoms with van der Waals surface area (Å²) in [6.07, 6.45) is -0.481. The van der Waals surface area contributed by atoms with Crippen LogP contribution in [0.15, 0.2) is 0 Å². The average Bonchev–Trinajstić information content (AvgIpc) is 2.06. The van der Waals surface area contributed by atoms with Gasteiger partial charge in [-0.05, 0) is 0 Å². The Hall–Kier alpha value is -0.570. The Labute approximate surface area is 34.5 Å². The quantitative estimate of drug-likeness (QED) is 0.438. The third-order valence-corrected chi connectivity index (χ3v) is 0.609. The molecule has 1 saturated heterocycles. The van der Waals surface area contributed by atoms with Crippen LogP contribution in [0.25, 0.3) is 0 Å². The summed E-state index contributed by atoms with van der Waals surface area (Å²) in [5.74, 6) is -0.852. The number of ether oxygens (including phenoxy) is 1. The standard InChI is InChI=1S/C3H4O3/c4-3(5)2-1-6-2/h2H,1H2,(H,4,5)/t2-/m0/s1. The molecule has 0 unspecified atom stereocenters. The number of hydrogen-bond acceptors (Lipinski definition) is 2. The van der Waals surface area contributed by atoms with Crippen LogP contribution < -0.4 is 0 Å². The van der Waals surface area contributed by atoms with E-state index in [9.17, 15) is 4.79 Å². The molecule has 1 rings (SSSR count). The molecule has 0 radical (unpaired) electrons. The minimum atomic E-state index is -0.852. The van der Waals surface area contributed by atoms with E-state index in [1.54, 1.807) is 0 Å². The zero-order valence-electron chi connectivity index (χ0n) is 3.05. The maximum Gasteiger partial charge on any atom is 0.335 e. The highest BCUT2D eigenvalue weighted by molar-refractivity contribution is 5.74. The Balaban J connectivity index is 2.31. The van der Waals surface area contributed by atoms with Gasteiger partial charge in [0.1, 0.15) is 0 Å². The molecule has 1 N–H and O–H groups in total. The second kappa shape index (κ2) is 0.944. The summed E-state index contributed by atoms with van der Waals surface area (Å²) in [5, 5.41) is 7.93. The summed E-state index contributed by atoms with van der Waals surface area (Å²) in [5.41, 5.74) is 0. The lowest BCUT2D eigenvalue weighted by Gasteiger charge is -1.72. The first kappa shape index (κ1) is 3.61. The average molecular weight is 88.1 g/mol. The van der Waals surface area contributed by atoms with Crippen LogP contribution in [0.4, 0.5) is 0 Å². The molecule has 34 valence electrons. The molecule has 0 bridgehead atoms. The first-order valence-electron chi connectivity index (χ1n) is 1.65. The number of carbonyl (C=O) groups is 1. The van der Waals surface area contributed by atoms with Gasteiger partial charge in [0.05, 0.1) is 6.61 Å². The van der Waals surface area contributed by atoms with E-state index in [0.29, 0.717) is 6.61 Å². The highest BCUT2D eigenvalue weighted by Crippen LogP contribution is 2.06. The predicted molar refractivity (Wildman–Crippen MR) is 17.4 cm³/mol. The Morgan fingerprint density at radius 1 is 2.00 bits per heavy atom. The molecule has 0 amide bonds. The van der Waals surface area contributed by atoms with E-state index in [4.69, 9.17) is 5.11 Å². The third-order valence-electron chi connectivity index (χ3n) is 0.609. The highest BCUT2D eigenvalue weighted by atomic mass is 16.6. The van der Waals surface area contributed by atoms with E-state index < -0.39 is 12.1 Å². The predicted octanol–water partition coefficient (Wildman–Crippen LogP) is -0.530. The van der Waals surface area contributed by atoms with E-state index in [-0.39, 0.29) is 0 Å². The highest BCUT2D eigenvalue weighted by Gasteiger charge is 2.30. The Morgan fingerprint density at radius 3 is 2.50 bits per heavy atom. The maximum atomic E-state index is 9.64. The van der Waals surface area contributed by atoms with Crippen LogP contribution >= 0.6 is 0 Å². The molecule has 1 aliphatic heterocycles. The van der Waals surface area contributed by atoms with Gasteiger partial charge in [-0.3, -0.25) is 0 Å². The summed E-state index contributed by atoms with van der Waals surface area (Å²) in [4.78, 5) is 9.64. The number of carboxylic acids is 1. The van der Waals surface area contributed by atoms with Gasteiger partial charge >= 0.3 is 5.97 Å². The lowest BCUT2D eigenvalue weighted by molar-refractivity contribution is -0.138. The second-order valence-electron chi connectivity index (χ2n) is 1.16. The van der Waals surface area contributed by atoms with Crippen molar-refractivity contribution < 1.29 is 14.6 Å². The molecule has 0 saturated carbocycles. The number of rotatable bonds is 1. The molecule has 0 aliphatic carbocycles. The molecule has 3 nitrogen and oxygen atoms in total. The molecule has 1 heterocycles. The number of aliphatic carboxylic acids is 1. The zero-order valence-corrected chi connectivity index (χ0v) is 3.05. The van der Waals surface area contributed by atoms with Gasteiger partial charge < -0.3 is 9.84 Å². The summed E-state index contributed by atoms with van der Waals surface area (Å²) in [6.45, 7) is 0.398. The van der Waals surface area contributed by atoms with Gasteiger partial charge in [-0.1, -0.05) is 0 Å². The van der Waals surface area contributed by atoms with Crippen LogP contribution in [0.5, 0.6) is 0 Å². The Bertz CT molecular complexity index is 74.1. The van der Waals surface area contributed by atoms with Crippen molar-refractivity contribution in [3.05, 3.63) is 0 Å². The Kier molecular flexibility index (Phi) is 0.569. The molecule has 0 spiro atoms. The molecule has 3 heteroatoms. The zero-order chi connectivity index (χ0) is 4.57. The smallest absolute Gasteiger partial charge is 0.335 e. The maximum absolute atomic E-state index is 9.64. The van der Waals surface area contributed by atoms with E-state index in [1.165, 1.54) is 0 Å². The van der Waals surface area contributed by atoms with Gasteiger partial charge in [0.15, 0.2) is 6.10 Å². The Morgan fingerprint density at radius 2 is 2.50 bits per heavy atom. The molecular formula is C3H4O3. The largest absolute Gasteiger partial charge is 0.479 e. The molecule has 0 aromatic heterocycles. The van der Waals surface area contributed by atoms with Crippen LogP contribution in [0.2, 0.25) is 0 Å². The monoisotopic (exact) mass is 88.0 g/mol. The number of carboxylic acid groups (broad SMARTS) is 1. The van der Waals surface area contributed by atoms with Crippen molar-refractivity contribution >= 4 is 5.97 Å². The lowest BCUT2D eigenvalue weighted by atomic mass is 10.5. The van der Waals surface area contributed by atoms with Gasteiger partial charge in [0.25, 0.3) is 0 Å². The van der Waals surface area contributed by atoms with E-state index in [0.717, 1.165) is 0 Å². The van der Waals surface area contributed by atoms with E-state index >= 15 is 0 Å². The summed E-state index contributed by atoms with van der Waals surface area (Å²) in [6, 6.07) is 0. The summed E-state index contributed by atoms with van der Waals surface area (Å²) >= 11 is 0. The third kappa shape index (κ3) is 0.490. The minimum Gasteiger partial charge on any atom is -0.479 e. The summed E-state index contributed by atoms with van der Waals surface area (Å²) in [7, 11) is 0. The van der Waals surface area contributed by atoms with Crippen LogP contribution in [0.1, 0.15) is 0 Å². The van der Waals surface area contributed by atoms with Crippen LogP contribution in [0.3, 0.4) is 0 Å². The minimum absolute atomic E-state index is 0.398. The topological polar surface area (TPSA) is 49.8 Å². The molecule has 6 heavy (non-hydrogen) atoms. The van der Waals surface area contributed by atoms with Gasteiger partial charge in [0, 0.05) is 0 Å². The molecule has 1 aliphatic rings. The SMILES string of the molecule is O=C(O)[C@@H]1CO1. The first-order valence-corrected chi connectivity index (χ1v) is 1.65. The van der Waals surface area contributed by atoms with Crippen molar-refractivity contribution in [2.45, 2.75) is 6.10 Å². The van der Waals surface area contributed by atoms with Crippen molar-refractivity contribution in [2.75, 3.05) is 6.61 Å².